The SMILES string of the molecule is O=C(O)[C@H]1CC[C@@H](NC(=O)C2(c3cccc(F)c3)CCOCC2)C1. The van der Waals surface area contributed by atoms with Gasteiger partial charge in [-0.25, -0.2) is 4.39 Å². The van der Waals surface area contributed by atoms with Crippen LogP contribution in [0.25, 0.3) is 0 Å². The second-order valence-corrected chi connectivity index (χ2v) is 6.72. The molecular weight excluding hydrogens is 313 g/mol. The van der Waals surface area contributed by atoms with Crippen LogP contribution in [0.4, 0.5) is 4.39 Å². The molecule has 2 N–H and O–H groups in total. The van der Waals surface area contributed by atoms with Crippen molar-refractivity contribution in [2.24, 2.45) is 5.92 Å². The fraction of sp³-hybridized carbons (Fsp3) is 0.556. The van der Waals surface area contributed by atoms with Crippen LogP contribution in [0.2, 0.25) is 0 Å². The fourth-order valence-electron chi connectivity index (χ4n) is 3.81. The number of aliphatic carboxylic acids is 1. The molecular formula is C18H22FNO4. The number of ether oxygens (including phenoxy) is 1. The molecule has 1 saturated carbocycles. The van der Waals surface area contributed by atoms with Crippen molar-refractivity contribution >= 4 is 11.9 Å². The average Bonchev–Trinajstić information content (AvgIpc) is 3.04. The maximum Gasteiger partial charge on any atom is 0.306 e. The van der Waals surface area contributed by atoms with Gasteiger partial charge in [0.2, 0.25) is 5.91 Å². The van der Waals surface area contributed by atoms with Crippen LogP contribution in [0.15, 0.2) is 24.3 Å². The van der Waals surface area contributed by atoms with Gasteiger partial charge in [0.25, 0.3) is 0 Å². The number of hydrogen-bond donors (Lipinski definition) is 2. The summed E-state index contributed by atoms with van der Waals surface area (Å²) >= 11 is 0. The molecule has 130 valence electrons. The first-order valence-electron chi connectivity index (χ1n) is 8.39. The normalized spacial score (nSPS) is 26.0. The van der Waals surface area contributed by atoms with Crippen molar-refractivity contribution in [1.82, 2.24) is 5.32 Å². The van der Waals surface area contributed by atoms with Crippen molar-refractivity contribution < 1.29 is 23.8 Å². The number of carbonyl (C=O) groups excluding carboxylic acids is 1. The summed E-state index contributed by atoms with van der Waals surface area (Å²) in [6, 6.07) is 6.04. The zero-order valence-electron chi connectivity index (χ0n) is 13.5. The highest BCUT2D eigenvalue weighted by Gasteiger charge is 2.43. The summed E-state index contributed by atoms with van der Waals surface area (Å²) in [5.74, 6) is -1.71. The number of nitrogens with one attached hydrogen (secondary N) is 1. The number of benzene rings is 1. The lowest BCUT2D eigenvalue weighted by Crippen LogP contribution is -2.50. The number of carbonyl (C=O) groups is 2. The third kappa shape index (κ3) is 3.29. The molecule has 0 unspecified atom stereocenters. The third-order valence-corrected chi connectivity index (χ3v) is 5.28. The minimum Gasteiger partial charge on any atom is -0.481 e. The largest absolute Gasteiger partial charge is 0.481 e. The summed E-state index contributed by atoms with van der Waals surface area (Å²) in [6.45, 7) is 0.901. The molecule has 1 aromatic rings. The Morgan fingerprint density at radius 3 is 2.62 bits per heavy atom. The summed E-state index contributed by atoms with van der Waals surface area (Å²) < 4.78 is 19.1. The van der Waals surface area contributed by atoms with E-state index in [2.05, 4.69) is 5.32 Å². The van der Waals surface area contributed by atoms with Gasteiger partial charge in [-0.15, -0.1) is 0 Å². The molecule has 0 spiro atoms. The van der Waals surface area contributed by atoms with Crippen molar-refractivity contribution in [2.75, 3.05) is 13.2 Å². The molecule has 0 radical (unpaired) electrons. The van der Waals surface area contributed by atoms with Crippen molar-refractivity contribution in [2.45, 2.75) is 43.6 Å². The van der Waals surface area contributed by atoms with E-state index in [1.54, 1.807) is 12.1 Å². The van der Waals surface area contributed by atoms with Crippen molar-refractivity contribution in [3.05, 3.63) is 35.6 Å². The lowest BCUT2D eigenvalue weighted by Gasteiger charge is -2.37. The minimum absolute atomic E-state index is 0.133. The lowest BCUT2D eigenvalue weighted by atomic mass is 9.73. The van der Waals surface area contributed by atoms with Crippen LogP contribution in [0.1, 0.15) is 37.7 Å². The summed E-state index contributed by atoms with van der Waals surface area (Å²) in [5.41, 5.74) is -0.141. The molecule has 1 saturated heterocycles. The van der Waals surface area contributed by atoms with Crippen LogP contribution >= 0.6 is 0 Å². The van der Waals surface area contributed by atoms with E-state index in [0.717, 1.165) is 0 Å². The van der Waals surface area contributed by atoms with Gasteiger partial charge in [-0.05, 0) is 49.8 Å². The van der Waals surface area contributed by atoms with Crippen LogP contribution in [0.5, 0.6) is 0 Å². The second kappa shape index (κ2) is 6.89. The monoisotopic (exact) mass is 335 g/mol. The molecule has 2 aliphatic rings. The van der Waals surface area contributed by atoms with Gasteiger partial charge in [0.1, 0.15) is 5.82 Å². The first kappa shape index (κ1) is 16.9. The quantitative estimate of drug-likeness (QED) is 0.885. The number of hydrogen-bond acceptors (Lipinski definition) is 3. The van der Waals surface area contributed by atoms with Crippen LogP contribution in [-0.4, -0.2) is 36.2 Å². The van der Waals surface area contributed by atoms with E-state index < -0.39 is 17.3 Å². The molecule has 1 aliphatic carbocycles. The summed E-state index contributed by atoms with van der Waals surface area (Å²) in [5, 5.41) is 12.1. The highest BCUT2D eigenvalue weighted by atomic mass is 19.1. The molecule has 0 aromatic heterocycles. The molecule has 1 heterocycles. The topological polar surface area (TPSA) is 75.6 Å². The summed E-state index contributed by atoms with van der Waals surface area (Å²) in [7, 11) is 0. The van der Waals surface area contributed by atoms with Crippen molar-refractivity contribution in [1.29, 1.82) is 0 Å². The molecule has 5 nitrogen and oxygen atoms in total. The van der Waals surface area contributed by atoms with E-state index in [1.807, 2.05) is 0 Å². The van der Waals surface area contributed by atoms with E-state index in [0.29, 0.717) is 50.9 Å². The predicted octanol–water partition coefficient (Wildman–Crippen LogP) is 2.24. The van der Waals surface area contributed by atoms with Gasteiger partial charge in [0.05, 0.1) is 11.3 Å². The number of carboxylic acids is 1. The first-order chi connectivity index (χ1) is 11.5. The van der Waals surface area contributed by atoms with E-state index in [9.17, 15) is 14.0 Å². The molecule has 6 heteroatoms. The Morgan fingerprint density at radius 1 is 1.25 bits per heavy atom. The minimum atomic E-state index is -0.808. The molecule has 2 fully saturated rings. The standard InChI is InChI=1S/C18H22FNO4/c19-14-3-1-2-13(11-14)18(6-8-24-9-7-18)17(23)20-15-5-4-12(10-15)16(21)22/h1-3,11-12,15H,4-10H2,(H,20,23)(H,21,22)/t12-,15+/m0/s1. The van der Waals surface area contributed by atoms with Gasteiger partial charge in [-0.2, -0.15) is 0 Å². The number of rotatable bonds is 4. The predicted molar refractivity (Wildman–Crippen MR) is 85.0 cm³/mol. The Labute approximate surface area is 140 Å². The molecule has 3 rings (SSSR count). The van der Waals surface area contributed by atoms with Crippen molar-refractivity contribution in [3.8, 4) is 0 Å². The van der Waals surface area contributed by atoms with E-state index in [-0.39, 0.29) is 17.8 Å². The van der Waals surface area contributed by atoms with Crippen LogP contribution < -0.4 is 5.32 Å². The number of halogens is 1. The number of carboxylic acid groups (broad SMARTS) is 1. The Hall–Kier alpha value is -1.95. The molecule has 1 aliphatic heterocycles. The Balaban J connectivity index is 1.79. The van der Waals surface area contributed by atoms with Crippen LogP contribution in [0.3, 0.4) is 0 Å². The Bertz CT molecular complexity index is 627. The third-order valence-electron chi connectivity index (χ3n) is 5.28. The Morgan fingerprint density at radius 2 is 2.00 bits per heavy atom. The van der Waals surface area contributed by atoms with Gasteiger partial charge in [-0.1, -0.05) is 12.1 Å². The van der Waals surface area contributed by atoms with E-state index in [4.69, 9.17) is 9.84 Å². The lowest BCUT2D eigenvalue weighted by molar-refractivity contribution is -0.141. The highest BCUT2D eigenvalue weighted by Crippen LogP contribution is 2.36. The van der Waals surface area contributed by atoms with Gasteiger partial charge in [-0.3, -0.25) is 9.59 Å². The van der Waals surface area contributed by atoms with Gasteiger partial charge in [0, 0.05) is 19.3 Å². The highest BCUT2D eigenvalue weighted by molar-refractivity contribution is 5.88. The van der Waals surface area contributed by atoms with Crippen molar-refractivity contribution in [3.63, 3.8) is 0 Å². The molecule has 1 aromatic carbocycles. The zero-order valence-corrected chi connectivity index (χ0v) is 13.5. The van der Waals surface area contributed by atoms with E-state index >= 15 is 0 Å². The maximum atomic E-state index is 13.7. The van der Waals surface area contributed by atoms with Gasteiger partial charge < -0.3 is 15.2 Å². The van der Waals surface area contributed by atoms with Crippen LogP contribution in [0, 0.1) is 11.7 Å². The first-order valence-corrected chi connectivity index (χ1v) is 8.39. The maximum absolute atomic E-state index is 13.7. The molecule has 0 bridgehead atoms. The Kier molecular flexibility index (Phi) is 4.85. The summed E-state index contributed by atoms with van der Waals surface area (Å²) in [4.78, 5) is 24.1. The molecule has 1 amide bonds. The molecule has 24 heavy (non-hydrogen) atoms. The molecule has 2 atom stereocenters. The summed E-state index contributed by atoms with van der Waals surface area (Å²) in [6.07, 6.45) is 2.69. The smallest absolute Gasteiger partial charge is 0.306 e. The average molecular weight is 335 g/mol. The fourth-order valence-corrected chi connectivity index (χ4v) is 3.81. The zero-order chi connectivity index (χ0) is 17.2. The van der Waals surface area contributed by atoms with Crippen LogP contribution in [-0.2, 0) is 19.7 Å². The second-order valence-electron chi connectivity index (χ2n) is 6.72. The number of amides is 1. The van der Waals surface area contributed by atoms with Gasteiger partial charge >= 0.3 is 5.97 Å². The van der Waals surface area contributed by atoms with Gasteiger partial charge in [0.15, 0.2) is 0 Å². The van der Waals surface area contributed by atoms with E-state index in [1.165, 1.54) is 12.1 Å².